The lowest BCUT2D eigenvalue weighted by molar-refractivity contribution is -0.137. The molecule has 0 aliphatic rings. The van der Waals surface area contributed by atoms with Gasteiger partial charge in [0.05, 0.1) is 13.5 Å². The van der Waals surface area contributed by atoms with Crippen molar-refractivity contribution >= 4 is 12.0 Å². The minimum atomic E-state index is -0.771. The summed E-state index contributed by atoms with van der Waals surface area (Å²) in [6, 6.07) is 7.62. The van der Waals surface area contributed by atoms with E-state index < -0.39 is 5.97 Å². The summed E-state index contributed by atoms with van der Waals surface area (Å²) in [5.74, 6) is 0.0854. The molecule has 1 aromatic carbocycles. The second-order valence-corrected chi connectivity index (χ2v) is 3.71. The number of carbonyl (C=O) groups is 1. The maximum atomic E-state index is 10.5. The molecule has 1 rings (SSSR count). The molecule has 0 saturated heterocycles. The molecule has 0 fully saturated rings. The molecule has 3 nitrogen and oxygen atoms in total. The number of carboxylic acids is 1. The van der Waals surface area contributed by atoms with Crippen molar-refractivity contribution in [3.8, 4) is 5.75 Å². The van der Waals surface area contributed by atoms with Crippen LogP contribution in [-0.4, -0.2) is 18.2 Å². The minimum Gasteiger partial charge on any atom is -0.497 e. The monoisotopic (exact) mass is 220 g/mol. The first-order chi connectivity index (χ1) is 7.61. The smallest absolute Gasteiger partial charge is 0.303 e. The molecular weight excluding hydrogens is 204 g/mol. The van der Waals surface area contributed by atoms with Gasteiger partial charge in [0.2, 0.25) is 0 Å². The van der Waals surface area contributed by atoms with Gasteiger partial charge in [-0.1, -0.05) is 31.2 Å². The van der Waals surface area contributed by atoms with Crippen LogP contribution in [0.15, 0.2) is 30.3 Å². The fourth-order valence-electron chi connectivity index (χ4n) is 1.33. The van der Waals surface area contributed by atoms with E-state index in [2.05, 4.69) is 0 Å². The molecule has 86 valence electrons. The number of methoxy groups -OCH3 is 1. The van der Waals surface area contributed by atoms with Crippen LogP contribution >= 0.6 is 0 Å². The summed E-state index contributed by atoms with van der Waals surface area (Å²) in [4.78, 5) is 10.5. The Labute approximate surface area is 95.4 Å². The summed E-state index contributed by atoms with van der Waals surface area (Å²) >= 11 is 0. The van der Waals surface area contributed by atoms with Gasteiger partial charge in [-0.15, -0.1) is 0 Å². The zero-order valence-electron chi connectivity index (χ0n) is 9.51. The van der Waals surface area contributed by atoms with Gasteiger partial charge < -0.3 is 9.84 Å². The van der Waals surface area contributed by atoms with E-state index in [4.69, 9.17) is 9.84 Å². The third-order valence-electron chi connectivity index (χ3n) is 2.23. The van der Waals surface area contributed by atoms with Crippen LogP contribution < -0.4 is 4.74 Å². The molecule has 0 aliphatic carbocycles. The van der Waals surface area contributed by atoms with Gasteiger partial charge in [0, 0.05) is 0 Å². The third-order valence-corrected chi connectivity index (χ3v) is 2.23. The highest BCUT2D eigenvalue weighted by atomic mass is 16.5. The van der Waals surface area contributed by atoms with Crippen LogP contribution in [0.3, 0.4) is 0 Å². The molecule has 1 unspecified atom stereocenters. The molecule has 16 heavy (non-hydrogen) atoms. The van der Waals surface area contributed by atoms with Gasteiger partial charge in [-0.2, -0.15) is 0 Å². The highest BCUT2D eigenvalue weighted by Gasteiger charge is 2.02. The van der Waals surface area contributed by atoms with Crippen LogP contribution in [-0.2, 0) is 4.79 Å². The van der Waals surface area contributed by atoms with Gasteiger partial charge in [-0.25, -0.2) is 0 Å². The van der Waals surface area contributed by atoms with E-state index in [0.717, 1.165) is 11.3 Å². The summed E-state index contributed by atoms with van der Waals surface area (Å²) in [6.07, 6.45) is 3.98. The van der Waals surface area contributed by atoms with Crippen molar-refractivity contribution in [3.05, 3.63) is 35.9 Å². The van der Waals surface area contributed by atoms with Crippen LogP contribution in [0.4, 0.5) is 0 Å². The Morgan fingerprint density at radius 1 is 1.44 bits per heavy atom. The van der Waals surface area contributed by atoms with Crippen molar-refractivity contribution in [3.63, 3.8) is 0 Å². The summed E-state index contributed by atoms with van der Waals surface area (Å²) in [5, 5.41) is 8.60. The van der Waals surface area contributed by atoms with Crippen LogP contribution in [0.2, 0.25) is 0 Å². The molecule has 0 spiro atoms. The Hall–Kier alpha value is -1.77. The van der Waals surface area contributed by atoms with Crippen molar-refractivity contribution < 1.29 is 14.6 Å². The van der Waals surface area contributed by atoms with Gasteiger partial charge in [-0.05, 0) is 23.6 Å². The van der Waals surface area contributed by atoms with Gasteiger partial charge >= 0.3 is 5.97 Å². The Bertz CT molecular complexity index is 365. The zero-order chi connectivity index (χ0) is 12.0. The van der Waals surface area contributed by atoms with Crippen LogP contribution in [0.25, 0.3) is 6.08 Å². The highest BCUT2D eigenvalue weighted by Crippen LogP contribution is 2.14. The highest BCUT2D eigenvalue weighted by molar-refractivity contribution is 5.67. The van der Waals surface area contributed by atoms with E-state index >= 15 is 0 Å². The number of ether oxygens (including phenoxy) is 1. The standard InChI is InChI=1S/C13H16O3/c1-10(9-13(14)15)3-4-11-5-7-12(16-2)8-6-11/h3-8,10H,9H2,1-2H3,(H,14,15)/b4-3+. The van der Waals surface area contributed by atoms with Crippen LogP contribution in [0.5, 0.6) is 5.75 Å². The van der Waals surface area contributed by atoms with Crippen LogP contribution in [0.1, 0.15) is 18.9 Å². The van der Waals surface area contributed by atoms with Crippen molar-refractivity contribution in [2.24, 2.45) is 5.92 Å². The number of carboxylic acid groups (broad SMARTS) is 1. The Kier molecular flexibility index (Phi) is 4.58. The van der Waals surface area contributed by atoms with Crippen molar-refractivity contribution in [2.45, 2.75) is 13.3 Å². The predicted octanol–water partition coefficient (Wildman–Crippen LogP) is 2.82. The maximum Gasteiger partial charge on any atom is 0.303 e. The van der Waals surface area contributed by atoms with Gasteiger partial charge in [0.15, 0.2) is 0 Å². The zero-order valence-corrected chi connectivity index (χ0v) is 9.51. The lowest BCUT2D eigenvalue weighted by Crippen LogP contribution is -2.00. The molecule has 0 saturated carbocycles. The Balaban J connectivity index is 2.58. The van der Waals surface area contributed by atoms with Gasteiger partial charge in [0.25, 0.3) is 0 Å². The number of aliphatic carboxylic acids is 1. The van der Waals surface area contributed by atoms with Crippen molar-refractivity contribution in [2.75, 3.05) is 7.11 Å². The van der Waals surface area contributed by atoms with Crippen molar-refractivity contribution in [1.29, 1.82) is 0 Å². The van der Waals surface area contributed by atoms with Gasteiger partial charge in [-0.3, -0.25) is 4.79 Å². The lowest BCUT2D eigenvalue weighted by atomic mass is 10.1. The van der Waals surface area contributed by atoms with Gasteiger partial charge in [0.1, 0.15) is 5.75 Å². The first-order valence-corrected chi connectivity index (χ1v) is 5.16. The number of hydrogen-bond donors (Lipinski definition) is 1. The topological polar surface area (TPSA) is 46.5 Å². The minimum absolute atomic E-state index is 0.0413. The SMILES string of the molecule is COc1ccc(/C=C/C(C)CC(=O)O)cc1. The molecule has 1 aromatic rings. The van der Waals surface area contributed by atoms with E-state index in [9.17, 15) is 4.79 Å². The number of hydrogen-bond acceptors (Lipinski definition) is 2. The average molecular weight is 220 g/mol. The van der Waals surface area contributed by atoms with E-state index in [1.54, 1.807) is 7.11 Å². The van der Waals surface area contributed by atoms with Crippen LogP contribution in [0, 0.1) is 5.92 Å². The normalized spacial score (nSPS) is 12.6. The first kappa shape index (κ1) is 12.3. The van der Waals surface area contributed by atoms with E-state index in [1.165, 1.54) is 0 Å². The Morgan fingerprint density at radius 2 is 2.06 bits per heavy atom. The summed E-state index contributed by atoms with van der Waals surface area (Å²) < 4.78 is 5.05. The number of rotatable bonds is 5. The second-order valence-electron chi connectivity index (χ2n) is 3.71. The largest absolute Gasteiger partial charge is 0.497 e. The molecule has 0 bridgehead atoms. The number of benzene rings is 1. The average Bonchev–Trinajstić information content (AvgIpc) is 2.26. The molecule has 0 heterocycles. The first-order valence-electron chi connectivity index (χ1n) is 5.16. The molecule has 0 aromatic heterocycles. The molecule has 0 aliphatic heterocycles. The lowest BCUT2D eigenvalue weighted by Gasteiger charge is -2.02. The van der Waals surface area contributed by atoms with E-state index in [0.29, 0.717) is 0 Å². The number of allylic oxidation sites excluding steroid dienone is 1. The fourth-order valence-corrected chi connectivity index (χ4v) is 1.33. The molecular formula is C13H16O3. The molecule has 1 N–H and O–H groups in total. The predicted molar refractivity (Wildman–Crippen MR) is 63.4 cm³/mol. The third kappa shape index (κ3) is 4.17. The Morgan fingerprint density at radius 3 is 2.56 bits per heavy atom. The quantitative estimate of drug-likeness (QED) is 0.830. The molecule has 0 radical (unpaired) electrons. The molecule has 1 atom stereocenters. The maximum absolute atomic E-state index is 10.5. The summed E-state index contributed by atoms with van der Waals surface area (Å²) in [5.41, 5.74) is 1.04. The molecule has 0 amide bonds. The summed E-state index contributed by atoms with van der Waals surface area (Å²) in [6.45, 7) is 1.88. The molecule has 3 heteroatoms. The fraction of sp³-hybridized carbons (Fsp3) is 0.308. The van der Waals surface area contributed by atoms with E-state index in [-0.39, 0.29) is 12.3 Å². The summed E-state index contributed by atoms with van der Waals surface area (Å²) in [7, 11) is 1.62. The second kappa shape index (κ2) is 5.95. The van der Waals surface area contributed by atoms with E-state index in [1.807, 2.05) is 43.3 Å². The van der Waals surface area contributed by atoms with Crippen molar-refractivity contribution in [1.82, 2.24) is 0 Å².